The van der Waals surface area contributed by atoms with E-state index in [1.807, 2.05) is 13.8 Å². The maximum Gasteiger partial charge on any atom is 0.155 e. The Hall–Kier alpha value is -0.0800. The van der Waals surface area contributed by atoms with Crippen molar-refractivity contribution in [3.8, 4) is 0 Å². The van der Waals surface area contributed by atoms with Gasteiger partial charge in [-0.3, -0.25) is 0 Å². The van der Waals surface area contributed by atoms with Crippen LogP contribution in [-0.2, 0) is 9.47 Å². The van der Waals surface area contributed by atoms with Gasteiger partial charge in [0.25, 0.3) is 0 Å². The minimum atomic E-state index is -0.0406. The van der Waals surface area contributed by atoms with Crippen LogP contribution in [0.5, 0.6) is 0 Å². The van der Waals surface area contributed by atoms with E-state index in [1.54, 1.807) is 0 Å². The molecule has 0 radical (unpaired) electrons. The van der Waals surface area contributed by atoms with Crippen LogP contribution < -0.4 is 0 Å². The van der Waals surface area contributed by atoms with Gasteiger partial charge in [-0.05, 0) is 50.9 Å². The van der Waals surface area contributed by atoms with Crippen LogP contribution in [0.1, 0.15) is 60.3 Å². The topological polar surface area (TPSA) is 18.5 Å². The number of hydrogen-bond donors (Lipinski definition) is 0. The SMILES string of the molecule is CCOC(C)OC1CCC(C(C)(C)C)CC1. The zero-order chi connectivity index (χ0) is 12.2. The molecule has 2 nitrogen and oxygen atoms in total. The molecule has 0 aromatic rings. The molecule has 1 atom stereocenters. The van der Waals surface area contributed by atoms with Crippen molar-refractivity contribution in [3.63, 3.8) is 0 Å². The standard InChI is InChI=1S/C14H28O2/c1-6-15-11(2)16-13-9-7-12(8-10-13)14(3,4)5/h11-13H,6-10H2,1-5H3. The van der Waals surface area contributed by atoms with Crippen LogP contribution in [-0.4, -0.2) is 19.0 Å². The monoisotopic (exact) mass is 228 g/mol. The summed E-state index contributed by atoms with van der Waals surface area (Å²) in [5, 5.41) is 0. The van der Waals surface area contributed by atoms with Crippen LogP contribution in [0.3, 0.4) is 0 Å². The van der Waals surface area contributed by atoms with Crippen molar-refractivity contribution in [2.24, 2.45) is 11.3 Å². The Balaban J connectivity index is 2.27. The Morgan fingerprint density at radius 1 is 1.12 bits per heavy atom. The fourth-order valence-corrected chi connectivity index (χ4v) is 2.61. The Morgan fingerprint density at radius 2 is 1.69 bits per heavy atom. The van der Waals surface area contributed by atoms with E-state index in [0.29, 0.717) is 11.5 Å². The summed E-state index contributed by atoms with van der Waals surface area (Å²) in [5.41, 5.74) is 0.455. The lowest BCUT2D eigenvalue weighted by atomic mass is 9.72. The number of hydrogen-bond acceptors (Lipinski definition) is 2. The quantitative estimate of drug-likeness (QED) is 0.677. The molecule has 96 valence electrons. The van der Waals surface area contributed by atoms with Gasteiger partial charge in [-0.2, -0.15) is 0 Å². The first-order valence-corrected chi connectivity index (χ1v) is 6.70. The third-order valence-corrected chi connectivity index (χ3v) is 3.68. The van der Waals surface area contributed by atoms with Crippen molar-refractivity contribution in [2.75, 3.05) is 6.61 Å². The minimum absolute atomic E-state index is 0.0406. The van der Waals surface area contributed by atoms with Crippen LogP contribution in [0, 0.1) is 11.3 Å². The van der Waals surface area contributed by atoms with E-state index in [9.17, 15) is 0 Å². The molecule has 0 aliphatic heterocycles. The van der Waals surface area contributed by atoms with E-state index in [0.717, 1.165) is 12.5 Å². The molecule has 1 saturated carbocycles. The summed E-state index contributed by atoms with van der Waals surface area (Å²) in [4.78, 5) is 0. The van der Waals surface area contributed by atoms with Crippen LogP contribution >= 0.6 is 0 Å². The van der Waals surface area contributed by atoms with E-state index in [4.69, 9.17) is 9.47 Å². The predicted molar refractivity (Wildman–Crippen MR) is 67.4 cm³/mol. The third kappa shape index (κ3) is 4.42. The van der Waals surface area contributed by atoms with Gasteiger partial charge in [-0.25, -0.2) is 0 Å². The maximum atomic E-state index is 5.87. The Morgan fingerprint density at radius 3 is 2.12 bits per heavy atom. The van der Waals surface area contributed by atoms with Crippen molar-refractivity contribution in [1.29, 1.82) is 0 Å². The highest BCUT2D eigenvalue weighted by Crippen LogP contribution is 2.38. The van der Waals surface area contributed by atoms with Gasteiger partial charge in [-0.1, -0.05) is 20.8 Å². The molecule has 0 N–H and O–H groups in total. The molecule has 0 bridgehead atoms. The molecule has 16 heavy (non-hydrogen) atoms. The number of ether oxygens (including phenoxy) is 2. The molecule has 0 aromatic carbocycles. The number of rotatable bonds is 4. The smallest absolute Gasteiger partial charge is 0.155 e. The van der Waals surface area contributed by atoms with Crippen LogP contribution in [0.2, 0.25) is 0 Å². The highest BCUT2D eigenvalue weighted by molar-refractivity contribution is 4.80. The van der Waals surface area contributed by atoms with E-state index in [-0.39, 0.29) is 6.29 Å². The molecule has 1 aliphatic carbocycles. The summed E-state index contributed by atoms with van der Waals surface area (Å²) in [7, 11) is 0. The first-order chi connectivity index (χ1) is 7.43. The molecule has 0 aromatic heterocycles. The van der Waals surface area contributed by atoms with Crippen molar-refractivity contribution in [2.45, 2.75) is 72.7 Å². The van der Waals surface area contributed by atoms with Gasteiger partial charge >= 0.3 is 0 Å². The van der Waals surface area contributed by atoms with Gasteiger partial charge in [0.15, 0.2) is 6.29 Å². The van der Waals surface area contributed by atoms with Crippen LogP contribution in [0.15, 0.2) is 0 Å². The summed E-state index contributed by atoms with van der Waals surface area (Å²) in [5.74, 6) is 0.856. The zero-order valence-corrected chi connectivity index (χ0v) is 11.6. The third-order valence-electron chi connectivity index (χ3n) is 3.68. The Kier molecular flexibility index (Phi) is 5.26. The average Bonchev–Trinajstić information content (AvgIpc) is 2.17. The van der Waals surface area contributed by atoms with Gasteiger partial charge in [0.2, 0.25) is 0 Å². The molecule has 0 saturated heterocycles. The molecule has 1 rings (SSSR count). The Bertz CT molecular complexity index is 187. The summed E-state index contributed by atoms with van der Waals surface area (Å²) < 4.78 is 11.3. The molecule has 0 amide bonds. The summed E-state index contributed by atoms with van der Waals surface area (Å²) in [6.45, 7) is 11.8. The van der Waals surface area contributed by atoms with Gasteiger partial charge in [0.1, 0.15) is 0 Å². The lowest BCUT2D eigenvalue weighted by molar-refractivity contribution is -0.167. The van der Waals surface area contributed by atoms with E-state index in [2.05, 4.69) is 20.8 Å². The van der Waals surface area contributed by atoms with Gasteiger partial charge < -0.3 is 9.47 Å². The van der Waals surface area contributed by atoms with E-state index < -0.39 is 0 Å². The molecule has 0 spiro atoms. The molecule has 1 unspecified atom stereocenters. The first-order valence-electron chi connectivity index (χ1n) is 6.70. The van der Waals surface area contributed by atoms with E-state index in [1.165, 1.54) is 25.7 Å². The zero-order valence-electron chi connectivity index (χ0n) is 11.6. The molecule has 1 fully saturated rings. The summed E-state index contributed by atoms with van der Waals surface area (Å²) in [6, 6.07) is 0. The van der Waals surface area contributed by atoms with Crippen molar-refractivity contribution in [3.05, 3.63) is 0 Å². The van der Waals surface area contributed by atoms with Gasteiger partial charge in [-0.15, -0.1) is 0 Å². The van der Waals surface area contributed by atoms with E-state index >= 15 is 0 Å². The minimum Gasteiger partial charge on any atom is -0.353 e. The highest BCUT2D eigenvalue weighted by Gasteiger charge is 2.30. The Labute approximate surface area is 101 Å². The summed E-state index contributed by atoms with van der Waals surface area (Å²) in [6.07, 6.45) is 5.36. The van der Waals surface area contributed by atoms with Gasteiger partial charge in [0, 0.05) is 6.61 Å². The second-order valence-corrected chi connectivity index (χ2v) is 6.00. The molecular formula is C14H28O2. The molecule has 0 heterocycles. The largest absolute Gasteiger partial charge is 0.353 e. The lowest BCUT2D eigenvalue weighted by Crippen LogP contribution is -2.31. The normalized spacial score (nSPS) is 29.1. The average molecular weight is 228 g/mol. The molecular weight excluding hydrogens is 200 g/mol. The second kappa shape index (κ2) is 6.02. The molecule has 2 heteroatoms. The molecule has 1 aliphatic rings. The second-order valence-electron chi connectivity index (χ2n) is 6.00. The first kappa shape index (κ1) is 14.0. The van der Waals surface area contributed by atoms with Crippen LogP contribution in [0.4, 0.5) is 0 Å². The highest BCUT2D eigenvalue weighted by atomic mass is 16.7. The van der Waals surface area contributed by atoms with Crippen LogP contribution in [0.25, 0.3) is 0 Å². The fraction of sp³-hybridized carbons (Fsp3) is 1.00. The van der Waals surface area contributed by atoms with Crippen molar-refractivity contribution in [1.82, 2.24) is 0 Å². The maximum absolute atomic E-state index is 5.87. The van der Waals surface area contributed by atoms with Crippen molar-refractivity contribution >= 4 is 0 Å². The van der Waals surface area contributed by atoms with Crippen molar-refractivity contribution < 1.29 is 9.47 Å². The lowest BCUT2D eigenvalue weighted by Gasteiger charge is -2.37. The summed E-state index contributed by atoms with van der Waals surface area (Å²) >= 11 is 0. The predicted octanol–water partition coefficient (Wildman–Crippen LogP) is 3.99. The van der Waals surface area contributed by atoms with Gasteiger partial charge in [0.05, 0.1) is 6.10 Å². The fourth-order valence-electron chi connectivity index (χ4n) is 2.61.